The quantitative estimate of drug-likeness (QED) is 0.712. The summed E-state index contributed by atoms with van der Waals surface area (Å²) in [5.41, 5.74) is -0.144. The largest absolute Gasteiger partial charge is 0.459 e. The number of halogens is 1. The molecule has 1 saturated heterocycles. The van der Waals surface area contributed by atoms with Crippen LogP contribution in [0.1, 0.15) is 71.6 Å². The average Bonchev–Trinajstić information content (AvgIpc) is 2.47. The van der Waals surface area contributed by atoms with Crippen LogP contribution in [0.3, 0.4) is 0 Å². The van der Waals surface area contributed by atoms with Crippen molar-refractivity contribution in [3.8, 4) is 0 Å². The van der Waals surface area contributed by atoms with Crippen LogP contribution in [-0.4, -0.2) is 36.1 Å². The number of likely N-dealkylation sites (tertiary alicyclic amines) is 1. The van der Waals surface area contributed by atoms with E-state index in [0.29, 0.717) is 5.92 Å². The van der Waals surface area contributed by atoms with Gasteiger partial charge in [-0.3, -0.25) is 4.79 Å². The molecule has 3 nitrogen and oxygen atoms in total. The summed E-state index contributed by atoms with van der Waals surface area (Å²) in [6.07, 6.45) is 11.1. The molecule has 0 bridgehead atoms. The summed E-state index contributed by atoms with van der Waals surface area (Å²) >= 11 is 0. The molecule has 0 aromatic carbocycles. The van der Waals surface area contributed by atoms with Crippen LogP contribution in [0.5, 0.6) is 0 Å². The molecule has 1 saturated carbocycles. The second-order valence-electron chi connectivity index (χ2n) is 6.69. The molecule has 21 heavy (non-hydrogen) atoms. The molecule has 0 aromatic heterocycles. The summed E-state index contributed by atoms with van der Waals surface area (Å²) in [4.78, 5) is 14.1. The zero-order valence-electron chi connectivity index (χ0n) is 13.7. The lowest BCUT2D eigenvalue weighted by Crippen LogP contribution is -2.52. The summed E-state index contributed by atoms with van der Waals surface area (Å²) in [6, 6.07) is 0. The summed E-state index contributed by atoms with van der Waals surface area (Å²) in [5.74, 6) is 0.519. The predicted molar refractivity (Wildman–Crippen MR) is 88.9 cm³/mol. The van der Waals surface area contributed by atoms with Gasteiger partial charge in [-0.25, -0.2) is 0 Å². The van der Waals surface area contributed by atoms with Gasteiger partial charge in [-0.15, -0.1) is 12.4 Å². The molecule has 124 valence electrons. The molecule has 1 aliphatic heterocycles. The van der Waals surface area contributed by atoms with Crippen LogP contribution < -0.4 is 0 Å². The Labute approximate surface area is 136 Å². The molecular formula is C17H32ClNO2. The smallest absolute Gasteiger partial charge is 0.303 e. The predicted octanol–water partition coefficient (Wildman–Crippen LogP) is 4.19. The first-order valence-corrected chi connectivity index (χ1v) is 8.58. The number of ether oxygens (including phenoxy) is 1. The highest BCUT2D eigenvalue weighted by molar-refractivity contribution is 5.85. The number of esters is 1. The van der Waals surface area contributed by atoms with Gasteiger partial charge in [0.2, 0.25) is 0 Å². The Morgan fingerprint density at radius 2 is 1.81 bits per heavy atom. The zero-order chi connectivity index (χ0) is 14.4. The highest BCUT2D eigenvalue weighted by Gasteiger charge is 2.44. The third-order valence-electron chi connectivity index (χ3n) is 5.23. The number of unbranched alkanes of at least 4 members (excludes halogenated alkanes) is 1. The van der Waals surface area contributed by atoms with Gasteiger partial charge in [0.05, 0.1) is 0 Å². The van der Waals surface area contributed by atoms with E-state index < -0.39 is 0 Å². The molecule has 0 amide bonds. The van der Waals surface area contributed by atoms with Gasteiger partial charge in [0, 0.05) is 32.9 Å². The van der Waals surface area contributed by atoms with E-state index in [-0.39, 0.29) is 24.0 Å². The molecule has 0 N–H and O–H groups in total. The van der Waals surface area contributed by atoms with Gasteiger partial charge in [-0.2, -0.15) is 0 Å². The first-order valence-electron chi connectivity index (χ1n) is 8.58. The van der Waals surface area contributed by atoms with Crippen molar-refractivity contribution in [3.05, 3.63) is 0 Å². The van der Waals surface area contributed by atoms with Crippen molar-refractivity contribution >= 4 is 18.4 Å². The van der Waals surface area contributed by atoms with E-state index in [4.69, 9.17) is 4.74 Å². The summed E-state index contributed by atoms with van der Waals surface area (Å²) < 4.78 is 5.91. The molecule has 4 heteroatoms. The highest BCUT2D eigenvalue weighted by Crippen LogP contribution is 2.41. The number of nitrogens with zero attached hydrogens (tertiary/aromatic N) is 1. The van der Waals surface area contributed by atoms with Crippen LogP contribution in [0.25, 0.3) is 0 Å². The minimum absolute atomic E-state index is 0. The lowest BCUT2D eigenvalue weighted by atomic mass is 9.72. The molecule has 1 heterocycles. The fourth-order valence-corrected chi connectivity index (χ4v) is 4.05. The highest BCUT2D eigenvalue weighted by atomic mass is 35.5. The molecule has 1 aliphatic carbocycles. The lowest BCUT2D eigenvalue weighted by Gasteiger charge is -2.47. The van der Waals surface area contributed by atoms with Gasteiger partial charge >= 0.3 is 5.97 Å². The molecular weight excluding hydrogens is 286 g/mol. The third kappa shape index (κ3) is 5.14. The Morgan fingerprint density at radius 1 is 1.19 bits per heavy atom. The Balaban J connectivity index is 0.00000220. The number of piperidine rings is 1. The number of hydrogen-bond donors (Lipinski definition) is 0. The number of hydrogen-bond acceptors (Lipinski definition) is 3. The fraction of sp³-hybridized carbons (Fsp3) is 0.941. The second kappa shape index (κ2) is 8.99. The molecule has 2 aliphatic rings. The Hall–Kier alpha value is -0.280. The Kier molecular flexibility index (Phi) is 8.04. The Bertz CT molecular complexity index is 308. The number of carbonyl (C=O) groups is 1. The summed E-state index contributed by atoms with van der Waals surface area (Å²) in [7, 11) is 0. The molecule has 2 rings (SSSR count). The van der Waals surface area contributed by atoms with Crippen LogP contribution >= 0.6 is 12.4 Å². The minimum Gasteiger partial charge on any atom is -0.459 e. The number of carbonyl (C=O) groups excluding carboxylic acids is 1. The van der Waals surface area contributed by atoms with Crippen molar-refractivity contribution in [1.29, 1.82) is 0 Å². The maximum Gasteiger partial charge on any atom is 0.303 e. The second-order valence-corrected chi connectivity index (χ2v) is 6.69. The van der Waals surface area contributed by atoms with Crippen molar-refractivity contribution in [2.75, 3.05) is 19.6 Å². The van der Waals surface area contributed by atoms with E-state index in [1.165, 1.54) is 51.5 Å². The first-order chi connectivity index (χ1) is 9.66. The minimum atomic E-state index is -0.144. The van der Waals surface area contributed by atoms with Crippen LogP contribution in [0.2, 0.25) is 0 Å². The van der Waals surface area contributed by atoms with Gasteiger partial charge in [0.1, 0.15) is 5.60 Å². The summed E-state index contributed by atoms with van der Waals surface area (Å²) in [6.45, 7) is 7.23. The van der Waals surface area contributed by atoms with Crippen molar-refractivity contribution in [1.82, 2.24) is 4.90 Å². The maximum atomic E-state index is 11.6. The first kappa shape index (κ1) is 18.8. The third-order valence-corrected chi connectivity index (χ3v) is 5.23. The van der Waals surface area contributed by atoms with Crippen LogP contribution in [0, 0.1) is 5.92 Å². The van der Waals surface area contributed by atoms with E-state index in [9.17, 15) is 4.79 Å². The summed E-state index contributed by atoms with van der Waals surface area (Å²) in [5, 5.41) is 0. The van der Waals surface area contributed by atoms with Crippen LogP contribution in [-0.2, 0) is 9.53 Å². The van der Waals surface area contributed by atoms with Crippen molar-refractivity contribution in [2.24, 2.45) is 5.92 Å². The van der Waals surface area contributed by atoms with Gasteiger partial charge in [0.15, 0.2) is 0 Å². The van der Waals surface area contributed by atoms with E-state index in [1.54, 1.807) is 6.92 Å². The van der Waals surface area contributed by atoms with Crippen molar-refractivity contribution in [2.45, 2.75) is 77.2 Å². The van der Waals surface area contributed by atoms with Crippen molar-refractivity contribution in [3.63, 3.8) is 0 Å². The van der Waals surface area contributed by atoms with E-state index >= 15 is 0 Å². The molecule has 0 spiro atoms. The molecule has 2 fully saturated rings. The van der Waals surface area contributed by atoms with Gasteiger partial charge in [0.25, 0.3) is 0 Å². The molecule has 0 aromatic rings. The maximum absolute atomic E-state index is 11.6. The van der Waals surface area contributed by atoms with E-state index in [0.717, 1.165) is 25.9 Å². The van der Waals surface area contributed by atoms with Gasteiger partial charge in [-0.05, 0) is 31.7 Å². The average molecular weight is 318 g/mol. The fourth-order valence-electron chi connectivity index (χ4n) is 4.05. The molecule has 0 atom stereocenters. The van der Waals surface area contributed by atoms with Crippen LogP contribution in [0.15, 0.2) is 0 Å². The van der Waals surface area contributed by atoms with Crippen LogP contribution in [0.4, 0.5) is 0 Å². The van der Waals surface area contributed by atoms with Crippen molar-refractivity contribution < 1.29 is 9.53 Å². The molecule has 0 unspecified atom stereocenters. The normalized spacial score (nSPS) is 23.3. The Morgan fingerprint density at radius 3 is 2.33 bits per heavy atom. The van der Waals surface area contributed by atoms with E-state index in [2.05, 4.69) is 11.8 Å². The lowest BCUT2D eigenvalue weighted by molar-refractivity contribution is -0.173. The molecule has 0 radical (unpaired) electrons. The standard InChI is InChI=1S/C17H31NO2.ClH/c1-3-4-12-18-13-10-17(11-14-18,20-15(2)19)16-8-6-5-7-9-16;/h16H,3-14H2,1-2H3;1H. The van der Waals surface area contributed by atoms with Gasteiger partial charge in [-0.1, -0.05) is 32.6 Å². The number of rotatable bonds is 5. The van der Waals surface area contributed by atoms with E-state index in [1.807, 2.05) is 0 Å². The van der Waals surface area contributed by atoms with Gasteiger partial charge < -0.3 is 9.64 Å². The SMILES string of the molecule is CCCCN1CCC(OC(C)=O)(C2CCCCC2)CC1.Cl. The zero-order valence-corrected chi connectivity index (χ0v) is 14.6. The topological polar surface area (TPSA) is 29.5 Å². The monoisotopic (exact) mass is 317 g/mol.